The van der Waals surface area contributed by atoms with Crippen LogP contribution in [0.2, 0.25) is 5.82 Å². The van der Waals surface area contributed by atoms with Gasteiger partial charge >= 0.3 is 62.0 Å². The number of hydrogen-bond donors (Lipinski definition) is 0. The van der Waals surface area contributed by atoms with Crippen molar-refractivity contribution in [1.82, 2.24) is 0 Å². The second kappa shape index (κ2) is 3.05. The Balaban J connectivity index is 3.01. The molecule has 0 saturated carbocycles. The van der Waals surface area contributed by atoms with Gasteiger partial charge in [0.2, 0.25) is 0 Å². The van der Waals surface area contributed by atoms with Crippen LogP contribution in [0.1, 0.15) is 5.56 Å². The molecule has 0 nitrogen and oxygen atoms in total. The predicted octanol–water partition coefficient (Wildman–Crippen LogP) is 1.37. The summed E-state index contributed by atoms with van der Waals surface area (Å²) in [6.45, 7) is 2.17. The van der Waals surface area contributed by atoms with Gasteiger partial charge in [0.25, 0.3) is 0 Å². The van der Waals surface area contributed by atoms with Crippen molar-refractivity contribution in [3.8, 4) is 0 Å². The standard InChI is InChI=1S/C8H10Se/c1-7-5-3-4-6-8(7)9-2/h3-6H,1-2H3. The molecule has 0 amide bonds. The van der Waals surface area contributed by atoms with E-state index in [2.05, 4.69) is 37.0 Å². The number of benzene rings is 1. The van der Waals surface area contributed by atoms with E-state index < -0.39 is 0 Å². The van der Waals surface area contributed by atoms with Gasteiger partial charge in [0.15, 0.2) is 0 Å². The van der Waals surface area contributed by atoms with E-state index in [1.165, 1.54) is 10.0 Å². The molecule has 0 radical (unpaired) electrons. The summed E-state index contributed by atoms with van der Waals surface area (Å²) in [7, 11) is 0. The van der Waals surface area contributed by atoms with Crippen LogP contribution in [-0.4, -0.2) is 15.0 Å². The van der Waals surface area contributed by atoms with Crippen LogP contribution in [0.5, 0.6) is 0 Å². The van der Waals surface area contributed by atoms with Gasteiger partial charge in [0.1, 0.15) is 0 Å². The monoisotopic (exact) mass is 186 g/mol. The number of aryl methyl sites for hydroxylation is 1. The van der Waals surface area contributed by atoms with Crippen molar-refractivity contribution in [3.63, 3.8) is 0 Å². The zero-order valence-electron chi connectivity index (χ0n) is 5.72. The Morgan fingerprint density at radius 2 is 1.89 bits per heavy atom. The second-order valence-electron chi connectivity index (χ2n) is 1.97. The van der Waals surface area contributed by atoms with E-state index in [4.69, 9.17) is 0 Å². The van der Waals surface area contributed by atoms with E-state index in [0.717, 1.165) is 0 Å². The molecule has 0 aliphatic heterocycles. The van der Waals surface area contributed by atoms with E-state index in [1.807, 2.05) is 0 Å². The molecule has 0 aliphatic carbocycles. The summed E-state index contributed by atoms with van der Waals surface area (Å²) in [6.07, 6.45) is 0. The number of rotatable bonds is 1. The summed E-state index contributed by atoms with van der Waals surface area (Å²) in [4.78, 5) is 0. The molecule has 0 aromatic heterocycles. The quantitative estimate of drug-likeness (QED) is 0.580. The predicted molar refractivity (Wildman–Crippen MR) is 42.4 cm³/mol. The van der Waals surface area contributed by atoms with E-state index >= 15 is 0 Å². The van der Waals surface area contributed by atoms with Gasteiger partial charge in [-0.05, 0) is 0 Å². The maximum atomic E-state index is 2.25. The van der Waals surface area contributed by atoms with Crippen LogP contribution >= 0.6 is 0 Å². The van der Waals surface area contributed by atoms with Gasteiger partial charge in [-0.3, -0.25) is 0 Å². The molecule has 1 rings (SSSR count). The Morgan fingerprint density at radius 3 is 2.33 bits per heavy atom. The Hall–Kier alpha value is -0.261. The fraction of sp³-hybridized carbons (Fsp3) is 0.250. The molecule has 0 unspecified atom stereocenters. The molecule has 0 bridgehead atoms. The molecule has 0 saturated heterocycles. The summed E-state index contributed by atoms with van der Waals surface area (Å²) >= 11 is 0.658. The van der Waals surface area contributed by atoms with Crippen molar-refractivity contribution in [1.29, 1.82) is 0 Å². The van der Waals surface area contributed by atoms with Crippen LogP contribution in [0.15, 0.2) is 24.3 Å². The fourth-order valence-corrected chi connectivity index (χ4v) is 2.05. The summed E-state index contributed by atoms with van der Waals surface area (Å²) < 4.78 is 1.52. The normalized spacial score (nSPS) is 9.56. The Morgan fingerprint density at radius 1 is 1.22 bits per heavy atom. The average Bonchev–Trinajstić information content (AvgIpc) is 1.89. The SMILES string of the molecule is C[Se]c1ccccc1C. The Labute approximate surface area is 62.4 Å². The molecule has 0 fully saturated rings. The van der Waals surface area contributed by atoms with E-state index in [0.29, 0.717) is 15.0 Å². The van der Waals surface area contributed by atoms with Gasteiger partial charge in [-0.25, -0.2) is 0 Å². The van der Waals surface area contributed by atoms with Crippen molar-refractivity contribution in [2.45, 2.75) is 12.7 Å². The zero-order valence-corrected chi connectivity index (χ0v) is 7.43. The van der Waals surface area contributed by atoms with Crippen molar-refractivity contribution < 1.29 is 0 Å². The van der Waals surface area contributed by atoms with Gasteiger partial charge in [-0.1, -0.05) is 0 Å². The first-order valence-corrected chi connectivity index (χ1v) is 5.51. The summed E-state index contributed by atoms with van der Waals surface area (Å²) in [5.41, 5.74) is 1.43. The summed E-state index contributed by atoms with van der Waals surface area (Å²) in [5, 5.41) is 0. The molecule has 1 aromatic carbocycles. The molecule has 0 atom stereocenters. The molecule has 1 aromatic rings. The average molecular weight is 185 g/mol. The first-order chi connectivity index (χ1) is 4.34. The second-order valence-corrected chi connectivity index (χ2v) is 3.75. The third-order valence-electron chi connectivity index (χ3n) is 1.31. The molecule has 0 spiro atoms. The Kier molecular flexibility index (Phi) is 2.32. The third kappa shape index (κ3) is 1.57. The van der Waals surface area contributed by atoms with Crippen molar-refractivity contribution in [3.05, 3.63) is 29.8 Å². The number of hydrogen-bond acceptors (Lipinski definition) is 0. The first-order valence-electron chi connectivity index (χ1n) is 2.94. The van der Waals surface area contributed by atoms with Gasteiger partial charge in [0.05, 0.1) is 0 Å². The Bertz CT molecular complexity index is 194. The third-order valence-corrected chi connectivity index (χ3v) is 3.20. The van der Waals surface area contributed by atoms with Crippen LogP contribution in [0.25, 0.3) is 0 Å². The molecular formula is C8H10Se. The first kappa shape index (κ1) is 6.85. The van der Waals surface area contributed by atoms with Crippen molar-refractivity contribution in [2.24, 2.45) is 0 Å². The van der Waals surface area contributed by atoms with Crippen molar-refractivity contribution >= 4 is 19.4 Å². The van der Waals surface area contributed by atoms with E-state index in [1.54, 1.807) is 0 Å². The van der Waals surface area contributed by atoms with Crippen LogP contribution in [-0.2, 0) is 0 Å². The van der Waals surface area contributed by atoms with E-state index in [9.17, 15) is 0 Å². The fourth-order valence-electron chi connectivity index (χ4n) is 0.785. The zero-order chi connectivity index (χ0) is 6.69. The molecule has 1 heteroatoms. The topological polar surface area (TPSA) is 0 Å². The van der Waals surface area contributed by atoms with Crippen LogP contribution in [0.4, 0.5) is 0 Å². The molecule has 0 N–H and O–H groups in total. The maximum absolute atomic E-state index is 2.25. The molecule has 0 aliphatic rings. The van der Waals surface area contributed by atoms with Crippen molar-refractivity contribution in [2.75, 3.05) is 0 Å². The van der Waals surface area contributed by atoms with Gasteiger partial charge in [-0.2, -0.15) is 0 Å². The molecular weight excluding hydrogens is 175 g/mol. The minimum atomic E-state index is 0.658. The summed E-state index contributed by atoms with van der Waals surface area (Å²) in [6, 6.07) is 8.56. The molecule has 48 valence electrons. The van der Waals surface area contributed by atoms with Gasteiger partial charge < -0.3 is 0 Å². The minimum absolute atomic E-state index is 0.658. The van der Waals surface area contributed by atoms with Crippen LogP contribution in [0.3, 0.4) is 0 Å². The molecule has 0 heterocycles. The summed E-state index contributed by atoms with van der Waals surface area (Å²) in [5.74, 6) is 2.25. The van der Waals surface area contributed by atoms with E-state index in [-0.39, 0.29) is 0 Å². The molecule has 9 heavy (non-hydrogen) atoms. The van der Waals surface area contributed by atoms with Gasteiger partial charge in [0, 0.05) is 0 Å². The van der Waals surface area contributed by atoms with Gasteiger partial charge in [-0.15, -0.1) is 0 Å². The van der Waals surface area contributed by atoms with Crippen LogP contribution in [0, 0.1) is 6.92 Å². The van der Waals surface area contributed by atoms with Crippen LogP contribution < -0.4 is 4.46 Å².